The Morgan fingerprint density at radius 2 is 1.89 bits per heavy atom. The average molecular weight is 266 g/mol. The third kappa shape index (κ3) is 3.18. The molecule has 1 aliphatic heterocycles. The van der Waals surface area contributed by atoms with E-state index >= 15 is 0 Å². The molecule has 0 aromatic carbocycles. The van der Waals surface area contributed by atoms with E-state index < -0.39 is 17.6 Å². The Morgan fingerprint density at radius 3 is 2.28 bits per heavy atom. The van der Waals surface area contributed by atoms with Crippen LogP contribution in [0.25, 0.3) is 0 Å². The van der Waals surface area contributed by atoms with Gasteiger partial charge in [-0.2, -0.15) is 13.2 Å². The van der Waals surface area contributed by atoms with Crippen LogP contribution in [0.1, 0.15) is 40.5 Å². The highest BCUT2D eigenvalue weighted by Gasteiger charge is 2.55. The summed E-state index contributed by atoms with van der Waals surface area (Å²) in [6.45, 7) is 8.06. The van der Waals surface area contributed by atoms with E-state index in [1.807, 2.05) is 18.9 Å². The van der Waals surface area contributed by atoms with Gasteiger partial charge in [0.1, 0.15) is 0 Å². The highest BCUT2D eigenvalue weighted by Crippen LogP contribution is 2.45. The second-order valence-corrected chi connectivity index (χ2v) is 6.00. The van der Waals surface area contributed by atoms with Crippen LogP contribution in [0.2, 0.25) is 0 Å². The summed E-state index contributed by atoms with van der Waals surface area (Å²) in [5.41, 5.74) is -0.800. The second-order valence-electron chi connectivity index (χ2n) is 6.00. The SMILES string of the molecule is CNC(C)CC(C)N1CCC(C(F)(F)F)C1(C)C. The van der Waals surface area contributed by atoms with E-state index in [0.717, 1.165) is 6.42 Å². The van der Waals surface area contributed by atoms with E-state index in [0.29, 0.717) is 12.6 Å². The summed E-state index contributed by atoms with van der Waals surface area (Å²) < 4.78 is 38.9. The number of hydrogen-bond donors (Lipinski definition) is 1. The van der Waals surface area contributed by atoms with Crippen molar-refractivity contribution in [3.63, 3.8) is 0 Å². The molecule has 0 bridgehead atoms. The summed E-state index contributed by atoms with van der Waals surface area (Å²) in [6.07, 6.45) is -3.01. The van der Waals surface area contributed by atoms with Crippen molar-refractivity contribution in [1.82, 2.24) is 10.2 Å². The quantitative estimate of drug-likeness (QED) is 0.841. The van der Waals surface area contributed by atoms with Gasteiger partial charge in [-0.05, 0) is 54.1 Å². The summed E-state index contributed by atoms with van der Waals surface area (Å²) in [7, 11) is 1.88. The molecule has 18 heavy (non-hydrogen) atoms. The Balaban J connectivity index is 2.75. The lowest BCUT2D eigenvalue weighted by molar-refractivity contribution is -0.193. The van der Waals surface area contributed by atoms with Crippen LogP contribution < -0.4 is 5.32 Å². The lowest BCUT2D eigenvalue weighted by atomic mass is 9.87. The van der Waals surface area contributed by atoms with Crippen LogP contribution in [-0.4, -0.2) is 42.3 Å². The molecular formula is C13H25F3N2. The van der Waals surface area contributed by atoms with E-state index in [-0.39, 0.29) is 12.5 Å². The number of likely N-dealkylation sites (tertiary alicyclic amines) is 1. The second kappa shape index (κ2) is 5.37. The van der Waals surface area contributed by atoms with E-state index in [9.17, 15) is 13.2 Å². The van der Waals surface area contributed by atoms with Gasteiger partial charge in [-0.3, -0.25) is 4.90 Å². The molecule has 0 aliphatic carbocycles. The van der Waals surface area contributed by atoms with Crippen molar-refractivity contribution >= 4 is 0 Å². The minimum atomic E-state index is -4.09. The van der Waals surface area contributed by atoms with Gasteiger partial charge in [-0.1, -0.05) is 0 Å². The van der Waals surface area contributed by atoms with Crippen molar-refractivity contribution in [2.75, 3.05) is 13.6 Å². The topological polar surface area (TPSA) is 15.3 Å². The van der Waals surface area contributed by atoms with Crippen LogP contribution in [-0.2, 0) is 0 Å². The highest BCUT2D eigenvalue weighted by atomic mass is 19.4. The predicted octanol–water partition coefficient (Wildman–Crippen LogP) is 3.04. The normalized spacial score (nSPS) is 28.3. The summed E-state index contributed by atoms with van der Waals surface area (Å²) >= 11 is 0. The molecule has 3 unspecified atom stereocenters. The molecule has 1 heterocycles. The van der Waals surface area contributed by atoms with Crippen molar-refractivity contribution < 1.29 is 13.2 Å². The first-order valence-electron chi connectivity index (χ1n) is 6.61. The molecule has 2 nitrogen and oxygen atoms in total. The van der Waals surface area contributed by atoms with Gasteiger partial charge in [0.2, 0.25) is 0 Å². The maximum absolute atomic E-state index is 13.0. The largest absolute Gasteiger partial charge is 0.393 e. The third-order valence-electron chi connectivity index (χ3n) is 4.37. The van der Waals surface area contributed by atoms with Crippen LogP contribution in [0.4, 0.5) is 13.2 Å². The van der Waals surface area contributed by atoms with Gasteiger partial charge in [0.05, 0.1) is 5.92 Å². The maximum Gasteiger partial charge on any atom is 0.393 e. The third-order valence-corrected chi connectivity index (χ3v) is 4.37. The van der Waals surface area contributed by atoms with Gasteiger partial charge >= 0.3 is 6.18 Å². The van der Waals surface area contributed by atoms with Gasteiger partial charge in [0.15, 0.2) is 0 Å². The molecule has 1 saturated heterocycles. The van der Waals surface area contributed by atoms with Gasteiger partial charge in [0.25, 0.3) is 0 Å². The smallest absolute Gasteiger partial charge is 0.317 e. The van der Waals surface area contributed by atoms with Crippen LogP contribution >= 0.6 is 0 Å². The summed E-state index contributed by atoms with van der Waals surface area (Å²) in [5.74, 6) is -1.21. The Labute approximate surface area is 108 Å². The van der Waals surface area contributed by atoms with E-state index in [1.54, 1.807) is 13.8 Å². The van der Waals surface area contributed by atoms with Gasteiger partial charge in [0, 0.05) is 17.6 Å². The molecule has 5 heteroatoms. The van der Waals surface area contributed by atoms with Crippen LogP contribution in [0.5, 0.6) is 0 Å². The zero-order chi connectivity index (χ0) is 14.1. The number of nitrogens with one attached hydrogen (secondary N) is 1. The lowest BCUT2D eigenvalue weighted by Crippen LogP contribution is -2.51. The molecule has 3 atom stereocenters. The van der Waals surface area contributed by atoms with E-state index in [4.69, 9.17) is 0 Å². The van der Waals surface area contributed by atoms with Crippen LogP contribution in [0, 0.1) is 5.92 Å². The molecule has 0 radical (unpaired) electrons. The zero-order valence-electron chi connectivity index (χ0n) is 11.9. The van der Waals surface area contributed by atoms with Crippen LogP contribution in [0.15, 0.2) is 0 Å². The summed E-state index contributed by atoms with van der Waals surface area (Å²) in [6, 6.07) is 0.482. The van der Waals surface area contributed by atoms with Crippen molar-refractivity contribution in [3.8, 4) is 0 Å². The monoisotopic (exact) mass is 266 g/mol. The van der Waals surface area contributed by atoms with Crippen molar-refractivity contribution in [3.05, 3.63) is 0 Å². The minimum absolute atomic E-state index is 0.162. The first-order valence-corrected chi connectivity index (χ1v) is 6.61. The number of rotatable bonds is 4. The average Bonchev–Trinajstić information content (AvgIpc) is 2.52. The van der Waals surface area contributed by atoms with Crippen molar-refractivity contribution in [2.45, 2.75) is 64.3 Å². The van der Waals surface area contributed by atoms with E-state index in [1.165, 1.54) is 0 Å². The number of alkyl halides is 3. The molecule has 0 saturated carbocycles. The number of hydrogen-bond acceptors (Lipinski definition) is 2. The Bertz CT molecular complexity index is 276. The molecule has 0 aromatic heterocycles. The number of halogens is 3. The van der Waals surface area contributed by atoms with E-state index in [2.05, 4.69) is 12.2 Å². The molecular weight excluding hydrogens is 241 g/mol. The minimum Gasteiger partial charge on any atom is -0.317 e. The zero-order valence-corrected chi connectivity index (χ0v) is 11.9. The Morgan fingerprint density at radius 1 is 1.33 bits per heavy atom. The molecule has 0 aromatic rings. The van der Waals surface area contributed by atoms with Crippen LogP contribution in [0.3, 0.4) is 0 Å². The summed E-state index contributed by atoms with van der Waals surface area (Å²) in [4.78, 5) is 2.01. The van der Waals surface area contributed by atoms with Crippen molar-refractivity contribution in [2.24, 2.45) is 5.92 Å². The summed E-state index contributed by atoms with van der Waals surface area (Å²) in [5, 5.41) is 3.14. The molecule has 1 N–H and O–H groups in total. The van der Waals surface area contributed by atoms with Gasteiger partial charge < -0.3 is 5.32 Å². The first-order chi connectivity index (χ1) is 8.10. The molecule has 0 amide bonds. The molecule has 0 spiro atoms. The molecule has 108 valence electrons. The van der Waals surface area contributed by atoms with Gasteiger partial charge in [-0.25, -0.2) is 0 Å². The Hall–Kier alpha value is -0.290. The van der Waals surface area contributed by atoms with Crippen molar-refractivity contribution in [1.29, 1.82) is 0 Å². The maximum atomic E-state index is 13.0. The predicted molar refractivity (Wildman–Crippen MR) is 67.5 cm³/mol. The standard InChI is InChI=1S/C13H25F3N2/c1-9(17-5)8-10(2)18-7-6-11(12(18,3)4)13(14,15)16/h9-11,17H,6-8H2,1-5H3. The lowest BCUT2D eigenvalue weighted by Gasteiger charge is -2.41. The highest BCUT2D eigenvalue weighted by molar-refractivity contribution is 5.00. The van der Waals surface area contributed by atoms with Gasteiger partial charge in [-0.15, -0.1) is 0 Å². The molecule has 1 rings (SSSR count). The first kappa shape index (κ1) is 15.8. The Kier molecular flexibility index (Phi) is 4.70. The fourth-order valence-electron chi connectivity index (χ4n) is 3.22. The fraction of sp³-hybridized carbons (Fsp3) is 1.00. The molecule has 1 aliphatic rings. The molecule has 1 fully saturated rings. The fourth-order valence-corrected chi connectivity index (χ4v) is 3.22. The number of nitrogens with zero attached hydrogens (tertiary/aromatic N) is 1.